The van der Waals surface area contributed by atoms with Crippen molar-refractivity contribution >= 4 is 28.9 Å². The van der Waals surface area contributed by atoms with E-state index < -0.39 is 0 Å². The summed E-state index contributed by atoms with van der Waals surface area (Å²) >= 11 is 6.19. The van der Waals surface area contributed by atoms with Gasteiger partial charge in [0.05, 0.1) is 11.8 Å². The second-order valence-corrected chi connectivity index (χ2v) is 6.23. The largest absolute Gasteiger partial charge is 0.399 e. The van der Waals surface area contributed by atoms with E-state index in [1.807, 2.05) is 49.4 Å². The molecule has 0 saturated heterocycles. The Balaban J connectivity index is 2.22. The number of carbonyl (C=O) groups excluding carboxylic acids is 1. The quantitative estimate of drug-likeness (QED) is 0.815. The third kappa shape index (κ3) is 3.08. The van der Waals surface area contributed by atoms with E-state index in [4.69, 9.17) is 17.3 Å². The molecule has 0 aliphatic carbocycles. The molecule has 0 radical (unpaired) electrons. The molecule has 0 spiro atoms. The summed E-state index contributed by atoms with van der Waals surface area (Å²) < 4.78 is 0. The molecule has 0 fully saturated rings. The van der Waals surface area contributed by atoms with Crippen molar-refractivity contribution in [2.45, 2.75) is 26.3 Å². The van der Waals surface area contributed by atoms with Crippen molar-refractivity contribution in [1.29, 1.82) is 0 Å². The first-order valence-electron chi connectivity index (χ1n) is 7.49. The number of nitrogens with zero attached hydrogens (tertiary/aromatic N) is 2. The summed E-state index contributed by atoms with van der Waals surface area (Å²) in [7, 11) is 0. The fraction of sp³-hybridized carbons (Fsp3) is 0.222. The Kier molecular flexibility index (Phi) is 4.09. The molecule has 2 aromatic rings. The minimum absolute atomic E-state index is 0.0151. The van der Waals surface area contributed by atoms with Crippen molar-refractivity contribution in [2.75, 3.05) is 5.73 Å². The summed E-state index contributed by atoms with van der Waals surface area (Å²) in [5, 5.41) is 6.83. The molecule has 2 N–H and O–H groups in total. The highest BCUT2D eigenvalue weighted by Crippen LogP contribution is 2.26. The van der Waals surface area contributed by atoms with Crippen LogP contribution in [-0.4, -0.2) is 22.7 Å². The number of rotatable bonds is 1. The van der Waals surface area contributed by atoms with Crippen molar-refractivity contribution in [3.05, 3.63) is 64.2 Å². The number of nitrogens with two attached hydrogens (primary N) is 1. The minimum atomic E-state index is -0.0793. The van der Waals surface area contributed by atoms with Gasteiger partial charge in [-0.1, -0.05) is 29.8 Å². The van der Waals surface area contributed by atoms with Gasteiger partial charge < -0.3 is 5.73 Å². The van der Waals surface area contributed by atoms with E-state index in [-0.39, 0.29) is 11.9 Å². The smallest absolute Gasteiger partial charge is 0.239 e. The molecule has 23 heavy (non-hydrogen) atoms. The van der Waals surface area contributed by atoms with Crippen LogP contribution in [0.25, 0.3) is 0 Å². The zero-order valence-electron chi connectivity index (χ0n) is 13.1. The highest BCUT2D eigenvalue weighted by Gasteiger charge is 2.25. The van der Waals surface area contributed by atoms with E-state index in [2.05, 4.69) is 5.10 Å². The van der Waals surface area contributed by atoms with Gasteiger partial charge in [-0.05, 0) is 43.2 Å². The number of amides is 1. The van der Waals surface area contributed by atoms with Gasteiger partial charge in [0.1, 0.15) is 0 Å². The van der Waals surface area contributed by atoms with E-state index in [1.165, 1.54) is 6.92 Å². The lowest BCUT2D eigenvalue weighted by molar-refractivity contribution is -0.130. The Morgan fingerprint density at radius 2 is 1.96 bits per heavy atom. The molecule has 1 unspecified atom stereocenters. The van der Waals surface area contributed by atoms with Gasteiger partial charge >= 0.3 is 0 Å². The molecule has 0 bridgehead atoms. The van der Waals surface area contributed by atoms with Crippen LogP contribution in [0, 0.1) is 0 Å². The van der Waals surface area contributed by atoms with E-state index in [1.54, 1.807) is 5.01 Å². The second-order valence-electron chi connectivity index (χ2n) is 5.79. The van der Waals surface area contributed by atoms with Crippen molar-refractivity contribution in [1.82, 2.24) is 5.01 Å². The summed E-state index contributed by atoms with van der Waals surface area (Å²) in [6.07, 6.45) is 0.730. The Morgan fingerprint density at radius 3 is 2.61 bits per heavy atom. The van der Waals surface area contributed by atoms with Crippen LogP contribution in [0.2, 0.25) is 5.02 Å². The minimum Gasteiger partial charge on any atom is -0.399 e. The SMILES string of the molecule is CC(=O)N1N=C(c2ccc(N)cc2)c2cc(Cl)ccc2CC1C. The Morgan fingerprint density at radius 1 is 1.26 bits per heavy atom. The number of anilines is 1. The lowest BCUT2D eigenvalue weighted by Crippen LogP contribution is -2.33. The van der Waals surface area contributed by atoms with E-state index >= 15 is 0 Å². The van der Waals surface area contributed by atoms with Crippen molar-refractivity contribution in [3.63, 3.8) is 0 Å². The van der Waals surface area contributed by atoms with Gasteiger partial charge in [0.25, 0.3) is 0 Å². The number of hydrazone groups is 1. The molecule has 4 nitrogen and oxygen atoms in total. The summed E-state index contributed by atoms with van der Waals surface area (Å²) in [6, 6.07) is 13.2. The zero-order chi connectivity index (χ0) is 16.6. The Labute approximate surface area is 140 Å². The molecule has 0 saturated carbocycles. The van der Waals surface area contributed by atoms with E-state index in [9.17, 15) is 4.79 Å². The maximum absolute atomic E-state index is 12.0. The standard InChI is InChI=1S/C18H18ClN3O/c1-11-9-14-3-6-15(19)10-17(14)18(21-22(11)12(2)23)13-4-7-16(20)8-5-13/h3-8,10-11H,9,20H2,1-2H3. The third-order valence-electron chi connectivity index (χ3n) is 3.97. The van der Waals surface area contributed by atoms with Gasteiger partial charge in [-0.3, -0.25) is 4.79 Å². The first kappa shape index (κ1) is 15.6. The lowest BCUT2D eigenvalue weighted by Gasteiger charge is -2.21. The van der Waals surface area contributed by atoms with Crippen molar-refractivity contribution in [2.24, 2.45) is 5.10 Å². The number of halogens is 1. The Hall–Kier alpha value is -2.33. The summed E-state index contributed by atoms with van der Waals surface area (Å²) in [6.45, 7) is 3.53. The second kappa shape index (κ2) is 6.05. The summed E-state index contributed by atoms with van der Waals surface area (Å²) in [4.78, 5) is 12.0. The average Bonchev–Trinajstić information content (AvgIpc) is 2.64. The van der Waals surface area contributed by atoms with Crippen LogP contribution >= 0.6 is 11.6 Å². The van der Waals surface area contributed by atoms with Crippen molar-refractivity contribution < 1.29 is 4.79 Å². The number of hydrogen-bond acceptors (Lipinski definition) is 3. The zero-order valence-corrected chi connectivity index (χ0v) is 13.8. The van der Waals surface area contributed by atoms with Crippen LogP contribution in [-0.2, 0) is 11.2 Å². The molecule has 3 rings (SSSR count). The lowest BCUT2D eigenvalue weighted by atomic mass is 9.94. The number of carbonyl (C=O) groups is 1. The van der Waals surface area contributed by atoms with Crippen LogP contribution < -0.4 is 5.73 Å². The van der Waals surface area contributed by atoms with Gasteiger partial charge in [-0.25, -0.2) is 5.01 Å². The average molecular weight is 328 g/mol. The number of hydrogen-bond donors (Lipinski definition) is 1. The predicted octanol–water partition coefficient (Wildman–Crippen LogP) is 3.47. The highest BCUT2D eigenvalue weighted by atomic mass is 35.5. The predicted molar refractivity (Wildman–Crippen MR) is 93.6 cm³/mol. The fourth-order valence-corrected chi connectivity index (χ4v) is 3.02. The van der Waals surface area contributed by atoms with Gasteiger partial charge in [0, 0.05) is 28.8 Å². The number of nitrogen functional groups attached to an aromatic ring is 1. The van der Waals surface area contributed by atoms with Gasteiger partial charge in [0.15, 0.2) is 0 Å². The molecular weight excluding hydrogens is 310 g/mol. The van der Waals surface area contributed by atoms with E-state index in [0.717, 1.165) is 28.8 Å². The fourth-order valence-electron chi connectivity index (χ4n) is 2.85. The highest BCUT2D eigenvalue weighted by molar-refractivity contribution is 6.31. The van der Waals surface area contributed by atoms with Crippen LogP contribution in [0.4, 0.5) is 5.69 Å². The molecule has 1 amide bonds. The first-order chi connectivity index (χ1) is 11.0. The number of benzene rings is 2. The van der Waals surface area contributed by atoms with Gasteiger partial charge in [0.2, 0.25) is 5.91 Å². The number of fused-ring (bicyclic) bond motifs is 1. The maximum Gasteiger partial charge on any atom is 0.239 e. The topological polar surface area (TPSA) is 58.7 Å². The Bertz CT molecular complexity index is 783. The normalized spacial score (nSPS) is 17.3. The van der Waals surface area contributed by atoms with Crippen LogP contribution in [0.1, 0.15) is 30.5 Å². The van der Waals surface area contributed by atoms with Crippen LogP contribution in [0.5, 0.6) is 0 Å². The van der Waals surface area contributed by atoms with Gasteiger partial charge in [-0.15, -0.1) is 0 Å². The monoisotopic (exact) mass is 327 g/mol. The molecule has 1 aliphatic heterocycles. The third-order valence-corrected chi connectivity index (χ3v) is 4.21. The van der Waals surface area contributed by atoms with Crippen LogP contribution in [0.15, 0.2) is 47.6 Å². The molecular formula is C18H18ClN3O. The molecule has 1 atom stereocenters. The molecule has 1 heterocycles. The van der Waals surface area contributed by atoms with E-state index in [0.29, 0.717) is 10.7 Å². The molecule has 1 aliphatic rings. The summed E-state index contributed by atoms with van der Waals surface area (Å²) in [5.41, 5.74) is 10.2. The molecule has 5 heteroatoms. The molecule has 2 aromatic carbocycles. The molecule has 118 valence electrons. The maximum atomic E-state index is 12.0. The van der Waals surface area contributed by atoms with Crippen molar-refractivity contribution in [3.8, 4) is 0 Å². The van der Waals surface area contributed by atoms with Crippen LogP contribution in [0.3, 0.4) is 0 Å². The summed E-state index contributed by atoms with van der Waals surface area (Å²) in [5.74, 6) is -0.0793. The van der Waals surface area contributed by atoms with Gasteiger partial charge in [-0.2, -0.15) is 5.10 Å². The first-order valence-corrected chi connectivity index (χ1v) is 7.86. The molecule has 0 aromatic heterocycles.